The smallest absolute Gasteiger partial charge is 0.291 e. The number of hydrogen-bond donors (Lipinski definition) is 1. The van der Waals surface area contributed by atoms with Gasteiger partial charge in [-0.3, -0.25) is 4.79 Å². The predicted octanol–water partition coefficient (Wildman–Crippen LogP) is 1.38. The van der Waals surface area contributed by atoms with Gasteiger partial charge in [0.05, 0.1) is 14.2 Å². The third-order valence-electron chi connectivity index (χ3n) is 3.53. The van der Waals surface area contributed by atoms with Crippen molar-refractivity contribution < 1.29 is 14.3 Å². The molecule has 0 aliphatic rings. The predicted molar refractivity (Wildman–Crippen MR) is 86.2 cm³/mol. The van der Waals surface area contributed by atoms with Gasteiger partial charge in [-0.2, -0.15) is 4.98 Å². The summed E-state index contributed by atoms with van der Waals surface area (Å²) in [6, 6.07) is 7.25. The van der Waals surface area contributed by atoms with Crippen molar-refractivity contribution in [1.82, 2.24) is 24.9 Å². The van der Waals surface area contributed by atoms with Crippen LogP contribution in [0, 0.1) is 6.92 Å². The Balaban J connectivity index is 1.74. The van der Waals surface area contributed by atoms with Gasteiger partial charge in [-0.25, -0.2) is 9.50 Å². The Morgan fingerprint density at radius 2 is 2.00 bits per heavy atom. The summed E-state index contributed by atoms with van der Waals surface area (Å²) in [6.45, 7) is 2.19. The molecule has 0 unspecified atom stereocenters. The molecule has 0 saturated carbocycles. The van der Waals surface area contributed by atoms with Crippen LogP contribution in [-0.2, 0) is 6.54 Å². The highest BCUT2D eigenvalue weighted by molar-refractivity contribution is 5.90. The van der Waals surface area contributed by atoms with Crippen molar-refractivity contribution in [1.29, 1.82) is 0 Å². The van der Waals surface area contributed by atoms with Crippen LogP contribution in [0.15, 0.2) is 30.5 Å². The monoisotopic (exact) mass is 327 g/mol. The lowest BCUT2D eigenvalue weighted by Crippen LogP contribution is -2.24. The van der Waals surface area contributed by atoms with E-state index in [4.69, 9.17) is 9.47 Å². The number of methoxy groups -OCH3 is 2. The van der Waals surface area contributed by atoms with E-state index in [1.54, 1.807) is 32.5 Å². The molecule has 0 atom stereocenters. The summed E-state index contributed by atoms with van der Waals surface area (Å²) in [5.41, 5.74) is 1.73. The SMILES string of the molecule is COc1ccc(CNC(=O)c2nc3nccc(C)n3n2)cc1OC. The van der Waals surface area contributed by atoms with Crippen LogP contribution < -0.4 is 14.8 Å². The van der Waals surface area contributed by atoms with Gasteiger partial charge in [0.15, 0.2) is 11.5 Å². The zero-order chi connectivity index (χ0) is 17.1. The highest BCUT2D eigenvalue weighted by Gasteiger charge is 2.14. The average molecular weight is 327 g/mol. The van der Waals surface area contributed by atoms with Gasteiger partial charge in [0.1, 0.15) is 0 Å². The van der Waals surface area contributed by atoms with E-state index in [0.29, 0.717) is 23.8 Å². The van der Waals surface area contributed by atoms with Crippen LogP contribution in [0.5, 0.6) is 11.5 Å². The summed E-state index contributed by atoms with van der Waals surface area (Å²) in [7, 11) is 3.14. The number of benzene rings is 1. The van der Waals surface area contributed by atoms with Crippen LogP contribution in [0.1, 0.15) is 21.9 Å². The van der Waals surface area contributed by atoms with Gasteiger partial charge in [-0.15, -0.1) is 5.10 Å². The minimum Gasteiger partial charge on any atom is -0.493 e. The quantitative estimate of drug-likeness (QED) is 0.761. The molecule has 8 heteroatoms. The minimum absolute atomic E-state index is 0.0808. The van der Waals surface area contributed by atoms with Gasteiger partial charge in [0.2, 0.25) is 5.82 Å². The van der Waals surface area contributed by atoms with Crippen molar-refractivity contribution in [3.8, 4) is 11.5 Å². The number of nitrogens with zero attached hydrogens (tertiary/aromatic N) is 4. The normalized spacial score (nSPS) is 10.6. The summed E-state index contributed by atoms with van der Waals surface area (Å²) in [6.07, 6.45) is 1.63. The van der Waals surface area contributed by atoms with Gasteiger partial charge >= 0.3 is 0 Å². The summed E-state index contributed by atoms with van der Waals surface area (Å²) in [5.74, 6) is 1.35. The van der Waals surface area contributed by atoms with Crippen LogP contribution in [-0.4, -0.2) is 39.7 Å². The highest BCUT2D eigenvalue weighted by Crippen LogP contribution is 2.27. The van der Waals surface area contributed by atoms with Crippen molar-refractivity contribution in [3.05, 3.63) is 47.5 Å². The van der Waals surface area contributed by atoms with Crippen molar-refractivity contribution in [2.24, 2.45) is 0 Å². The first kappa shape index (κ1) is 15.7. The molecule has 0 aliphatic heterocycles. The number of nitrogens with one attached hydrogen (secondary N) is 1. The van der Waals surface area contributed by atoms with E-state index in [-0.39, 0.29) is 11.7 Å². The first-order valence-electron chi connectivity index (χ1n) is 7.30. The Morgan fingerprint density at radius 1 is 1.21 bits per heavy atom. The molecule has 8 nitrogen and oxygen atoms in total. The molecule has 2 aromatic heterocycles. The Morgan fingerprint density at radius 3 is 2.71 bits per heavy atom. The third kappa shape index (κ3) is 2.98. The Labute approximate surface area is 138 Å². The molecule has 2 heterocycles. The highest BCUT2D eigenvalue weighted by atomic mass is 16.5. The number of fused-ring (bicyclic) bond motifs is 1. The summed E-state index contributed by atoms with van der Waals surface area (Å²) in [5, 5.41) is 6.95. The maximum atomic E-state index is 12.2. The molecule has 1 amide bonds. The molecule has 0 aliphatic carbocycles. The standard InChI is InChI=1S/C16H17N5O3/c1-10-6-7-17-16-19-14(20-21(10)16)15(22)18-9-11-4-5-12(23-2)13(8-11)24-3/h4-8H,9H2,1-3H3,(H,18,22). The van der Waals surface area contributed by atoms with E-state index in [1.165, 1.54) is 4.52 Å². The van der Waals surface area contributed by atoms with Crippen molar-refractivity contribution >= 4 is 11.7 Å². The lowest BCUT2D eigenvalue weighted by molar-refractivity contribution is 0.0940. The van der Waals surface area contributed by atoms with E-state index < -0.39 is 0 Å². The van der Waals surface area contributed by atoms with Crippen LogP contribution in [0.4, 0.5) is 0 Å². The third-order valence-corrected chi connectivity index (χ3v) is 3.53. The lowest BCUT2D eigenvalue weighted by Gasteiger charge is -2.09. The molecule has 0 bridgehead atoms. The van der Waals surface area contributed by atoms with Gasteiger partial charge in [-0.05, 0) is 30.7 Å². The number of aromatic nitrogens is 4. The molecular weight excluding hydrogens is 310 g/mol. The van der Waals surface area contributed by atoms with Crippen molar-refractivity contribution in [2.75, 3.05) is 14.2 Å². The first-order chi connectivity index (χ1) is 11.6. The number of carbonyl (C=O) groups excluding carboxylic acids is 1. The summed E-state index contributed by atoms with van der Waals surface area (Å²) >= 11 is 0. The summed E-state index contributed by atoms with van der Waals surface area (Å²) < 4.78 is 12.0. The molecule has 3 aromatic rings. The number of hydrogen-bond acceptors (Lipinski definition) is 6. The van der Waals surface area contributed by atoms with Crippen molar-refractivity contribution in [2.45, 2.75) is 13.5 Å². The molecular formula is C16H17N5O3. The molecule has 24 heavy (non-hydrogen) atoms. The molecule has 0 radical (unpaired) electrons. The van der Waals surface area contributed by atoms with Crippen LogP contribution in [0.2, 0.25) is 0 Å². The fourth-order valence-electron chi connectivity index (χ4n) is 2.25. The fraction of sp³-hybridized carbons (Fsp3) is 0.250. The molecule has 0 fully saturated rings. The molecule has 124 valence electrons. The molecule has 1 N–H and O–H groups in total. The van der Waals surface area contributed by atoms with Crippen LogP contribution in [0.25, 0.3) is 5.78 Å². The van der Waals surface area contributed by atoms with E-state index in [9.17, 15) is 4.79 Å². The second-order valence-electron chi connectivity index (χ2n) is 5.11. The van der Waals surface area contributed by atoms with Crippen LogP contribution in [0.3, 0.4) is 0 Å². The topological polar surface area (TPSA) is 90.6 Å². The Kier molecular flexibility index (Phi) is 4.28. The minimum atomic E-state index is -0.366. The first-order valence-corrected chi connectivity index (χ1v) is 7.30. The van der Waals surface area contributed by atoms with E-state index in [0.717, 1.165) is 11.3 Å². The number of carbonyl (C=O) groups is 1. The Hall–Kier alpha value is -3.16. The van der Waals surface area contributed by atoms with E-state index in [1.807, 2.05) is 19.1 Å². The average Bonchev–Trinajstić information content (AvgIpc) is 3.05. The summed E-state index contributed by atoms with van der Waals surface area (Å²) in [4.78, 5) is 20.5. The number of rotatable bonds is 5. The molecule has 3 rings (SSSR count). The van der Waals surface area contributed by atoms with E-state index >= 15 is 0 Å². The van der Waals surface area contributed by atoms with Gasteiger partial charge in [0.25, 0.3) is 11.7 Å². The van der Waals surface area contributed by atoms with Gasteiger partial charge in [0, 0.05) is 18.4 Å². The second-order valence-corrected chi connectivity index (χ2v) is 5.11. The molecule has 0 saturated heterocycles. The number of amides is 1. The zero-order valence-corrected chi connectivity index (χ0v) is 13.6. The van der Waals surface area contributed by atoms with E-state index in [2.05, 4.69) is 20.4 Å². The zero-order valence-electron chi connectivity index (χ0n) is 13.6. The maximum absolute atomic E-state index is 12.2. The fourth-order valence-corrected chi connectivity index (χ4v) is 2.25. The lowest BCUT2D eigenvalue weighted by atomic mass is 10.2. The number of ether oxygens (including phenoxy) is 2. The van der Waals surface area contributed by atoms with Gasteiger partial charge in [-0.1, -0.05) is 6.07 Å². The second kappa shape index (κ2) is 6.53. The van der Waals surface area contributed by atoms with Crippen molar-refractivity contribution in [3.63, 3.8) is 0 Å². The Bertz CT molecular complexity index is 891. The largest absolute Gasteiger partial charge is 0.493 e. The molecule has 0 spiro atoms. The molecule has 1 aromatic carbocycles. The van der Waals surface area contributed by atoms with Gasteiger partial charge < -0.3 is 14.8 Å². The number of aryl methyl sites for hydroxylation is 1. The van der Waals surface area contributed by atoms with Crippen LogP contribution >= 0.6 is 0 Å². The maximum Gasteiger partial charge on any atom is 0.291 e.